The molecule has 1 heterocycles. The summed E-state index contributed by atoms with van der Waals surface area (Å²) in [6, 6.07) is 0. The number of hydrogen-bond donors (Lipinski definition) is 3. The third kappa shape index (κ3) is 5.85. The topological polar surface area (TPSA) is 119 Å². The van der Waals surface area contributed by atoms with Gasteiger partial charge in [-0.25, -0.2) is 9.86 Å². The van der Waals surface area contributed by atoms with E-state index < -0.39 is 10.2 Å². The van der Waals surface area contributed by atoms with Crippen LogP contribution < -0.4 is 15.6 Å². The van der Waals surface area contributed by atoms with E-state index in [0.29, 0.717) is 19.5 Å². The molecule has 1 rings (SSSR count). The van der Waals surface area contributed by atoms with Gasteiger partial charge >= 0.3 is 0 Å². The van der Waals surface area contributed by atoms with Crippen molar-refractivity contribution in [2.45, 2.75) is 26.2 Å². The van der Waals surface area contributed by atoms with Gasteiger partial charge in [-0.05, 0) is 31.7 Å². The Balaban J connectivity index is 2.47. The van der Waals surface area contributed by atoms with E-state index in [0.717, 1.165) is 19.4 Å². The molecule has 0 radical (unpaired) electrons. The van der Waals surface area contributed by atoms with E-state index in [4.69, 9.17) is 10.9 Å². The van der Waals surface area contributed by atoms with Crippen molar-refractivity contribution in [3.8, 4) is 0 Å². The van der Waals surface area contributed by atoms with Crippen molar-refractivity contribution in [3.63, 3.8) is 0 Å². The van der Waals surface area contributed by atoms with Crippen LogP contribution in [0.25, 0.3) is 0 Å². The van der Waals surface area contributed by atoms with Crippen LogP contribution >= 0.6 is 0 Å². The molecule has 2 unspecified atom stereocenters. The highest BCUT2D eigenvalue weighted by Crippen LogP contribution is 2.18. The molecule has 0 aromatic carbocycles. The molecule has 1 fully saturated rings. The molecule has 2 atom stereocenters. The first-order valence-corrected chi connectivity index (χ1v) is 8.14. The Kier molecular flexibility index (Phi) is 6.18. The van der Waals surface area contributed by atoms with E-state index in [1.807, 2.05) is 6.92 Å². The number of amides is 1. The normalized spacial score (nSPS) is 22.3. The van der Waals surface area contributed by atoms with Gasteiger partial charge in [0.25, 0.3) is 10.2 Å². The molecule has 0 aliphatic carbocycles. The maximum absolute atomic E-state index is 12.1. The van der Waals surface area contributed by atoms with Gasteiger partial charge in [0.15, 0.2) is 0 Å². The minimum absolute atomic E-state index is 0.0741. The Morgan fingerprint density at radius 3 is 2.79 bits per heavy atom. The van der Waals surface area contributed by atoms with E-state index in [2.05, 4.69) is 4.72 Å². The van der Waals surface area contributed by atoms with E-state index in [9.17, 15) is 13.2 Å². The van der Waals surface area contributed by atoms with E-state index in [1.54, 1.807) is 4.90 Å². The molecule has 1 saturated heterocycles. The van der Waals surface area contributed by atoms with Crippen molar-refractivity contribution in [2.75, 3.05) is 26.2 Å². The molecule has 112 valence electrons. The van der Waals surface area contributed by atoms with Crippen LogP contribution in [0.2, 0.25) is 0 Å². The van der Waals surface area contributed by atoms with Crippen LogP contribution in [0.3, 0.4) is 0 Å². The summed E-state index contributed by atoms with van der Waals surface area (Å²) in [6.07, 6.45) is 2.46. The zero-order valence-corrected chi connectivity index (χ0v) is 12.2. The molecule has 8 heteroatoms. The van der Waals surface area contributed by atoms with Gasteiger partial charge in [0, 0.05) is 25.6 Å². The number of nitrogens with one attached hydrogen (secondary N) is 1. The summed E-state index contributed by atoms with van der Waals surface area (Å²) in [5, 5.41) is 4.90. The van der Waals surface area contributed by atoms with Crippen molar-refractivity contribution in [1.29, 1.82) is 0 Å². The summed E-state index contributed by atoms with van der Waals surface area (Å²) in [6.45, 7) is 3.97. The molecule has 0 spiro atoms. The number of piperidine rings is 1. The van der Waals surface area contributed by atoms with Gasteiger partial charge in [-0.2, -0.15) is 8.42 Å². The van der Waals surface area contributed by atoms with E-state index in [1.165, 1.54) is 0 Å². The molecule has 0 aromatic heterocycles. The zero-order valence-electron chi connectivity index (χ0n) is 11.3. The monoisotopic (exact) mass is 292 g/mol. The number of rotatable bonds is 6. The quantitative estimate of drug-likeness (QED) is 0.582. The summed E-state index contributed by atoms with van der Waals surface area (Å²) < 4.78 is 24.0. The summed E-state index contributed by atoms with van der Waals surface area (Å²) >= 11 is 0. The van der Waals surface area contributed by atoms with Gasteiger partial charge < -0.3 is 10.6 Å². The molecular weight excluding hydrogens is 268 g/mol. The van der Waals surface area contributed by atoms with Crippen LogP contribution in [-0.4, -0.2) is 45.4 Å². The maximum Gasteiger partial charge on any atom is 0.274 e. The Hall–Kier alpha value is -0.700. The van der Waals surface area contributed by atoms with E-state index >= 15 is 0 Å². The fourth-order valence-corrected chi connectivity index (χ4v) is 2.82. The Bertz CT molecular complexity index is 399. The molecule has 5 N–H and O–H groups in total. The minimum atomic E-state index is -3.66. The highest BCUT2D eigenvalue weighted by Gasteiger charge is 2.26. The molecule has 7 nitrogen and oxygen atoms in total. The predicted molar refractivity (Wildman–Crippen MR) is 73.2 cm³/mol. The molecular formula is C11H24N4O3S. The molecule has 0 saturated carbocycles. The molecule has 0 bridgehead atoms. The predicted octanol–water partition coefficient (Wildman–Crippen LogP) is -0.997. The summed E-state index contributed by atoms with van der Waals surface area (Å²) in [7, 11) is -3.66. The first-order valence-electron chi connectivity index (χ1n) is 6.59. The average Bonchev–Trinajstić information content (AvgIpc) is 2.35. The molecule has 1 aliphatic rings. The average molecular weight is 292 g/mol. The van der Waals surface area contributed by atoms with Crippen LogP contribution in [0.4, 0.5) is 0 Å². The second kappa shape index (κ2) is 7.18. The number of hydrogen-bond acceptors (Lipinski definition) is 4. The first kappa shape index (κ1) is 16.4. The van der Waals surface area contributed by atoms with Gasteiger partial charge in [0.1, 0.15) is 0 Å². The van der Waals surface area contributed by atoms with Gasteiger partial charge in [0.2, 0.25) is 5.91 Å². The second-order valence-electron chi connectivity index (χ2n) is 5.16. The summed E-state index contributed by atoms with van der Waals surface area (Å²) in [5.74, 6) is 0.154. The molecule has 1 amide bonds. The molecule has 0 aromatic rings. The number of nitrogens with two attached hydrogens (primary N) is 2. The lowest BCUT2D eigenvalue weighted by Crippen LogP contribution is -2.46. The lowest BCUT2D eigenvalue weighted by atomic mass is 9.96. The third-order valence-electron chi connectivity index (χ3n) is 3.43. The van der Waals surface area contributed by atoms with Crippen LogP contribution in [-0.2, 0) is 15.0 Å². The van der Waals surface area contributed by atoms with Crippen molar-refractivity contribution in [1.82, 2.24) is 9.62 Å². The highest BCUT2D eigenvalue weighted by molar-refractivity contribution is 7.87. The SMILES string of the molecule is CC(CCN)C(=O)N1CCCC(CNS(N)(=O)=O)C1. The number of nitrogens with zero attached hydrogens (tertiary/aromatic N) is 1. The van der Waals surface area contributed by atoms with Gasteiger partial charge in [-0.15, -0.1) is 0 Å². The minimum Gasteiger partial charge on any atom is -0.342 e. The van der Waals surface area contributed by atoms with Crippen LogP contribution in [0.1, 0.15) is 26.2 Å². The second-order valence-corrected chi connectivity index (χ2v) is 6.54. The maximum atomic E-state index is 12.1. The Morgan fingerprint density at radius 1 is 1.53 bits per heavy atom. The first-order chi connectivity index (χ1) is 8.83. The van der Waals surface area contributed by atoms with Crippen LogP contribution in [0.5, 0.6) is 0 Å². The fraction of sp³-hybridized carbons (Fsp3) is 0.909. The lowest BCUT2D eigenvalue weighted by Gasteiger charge is -2.34. The lowest BCUT2D eigenvalue weighted by molar-refractivity contribution is -0.136. The van der Waals surface area contributed by atoms with E-state index in [-0.39, 0.29) is 24.3 Å². The standard InChI is InChI=1S/C11H24N4O3S/c1-9(4-5-12)11(16)15-6-2-3-10(8-15)7-14-19(13,17)18/h9-10,14H,2-8,12H2,1H3,(H2,13,17,18). The van der Waals surface area contributed by atoms with Crippen molar-refractivity contribution in [3.05, 3.63) is 0 Å². The fourth-order valence-electron chi connectivity index (χ4n) is 2.35. The Morgan fingerprint density at radius 2 is 2.21 bits per heavy atom. The highest BCUT2D eigenvalue weighted by atomic mass is 32.2. The van der Waals surface area contributed by atoms with Crippen molar-refractivity contribution >= 4 is 16.1 Å². The summed E-state index contributed by atoms with van der Waals surface area (Å²) in [4.78, 5) is 13.9. The van der Waals surface area contributed by atoms with Crippen LogP contribution in [0, 0.1) is 11.8 Å². The molecule has 19 heavy (non-hydrogen) atoms. The van der Waals surface area contributed by atoms with Crippen LogP contribution in [0.15, 0.2) is 0 Å². The van der Waals surface area contributed by atoms with Gasteiger partial charge in [-0.1, -0.05) is 6.92 Å². The third-order valence-corrected chi connectivity index (χ3v) is 3.99. The largest absolute Gasteiger partial charge is 0.342 e. The van der Waals surface area contributed by atoms with Gasteiger partial charge in [-0.3, -0.25) is 4.79 Å². The van der Waals surface area contributed by atoms with Gasteiger partial charge in [0.05, 0.1) is 0 Å². The number of carbonyl (C=O) groups excluding carboxylic acids is 1. The summed E-state index contributed by atoms with van der Waals surface area (Å²) in [5.41, 5.74) is 5.46. The number of likely N-dealkylation sites (tertiary alicyclic amines) is 1. The van der Waals surface area contributed by atoms with Crippen molar-refractivity contribution in [2.24, 2.45) is 22.7 Å². The Labute approximate surface area is 114 Å². The van der Waals surface area contributed by atoms with Crippen molar-refractivity contribution < 1.29 is 13.2 Å². The smallest absolute Gasteiger partial charge is 0.274 e. The number of carbonyl (C=O) groups is 1. The molecule has 1 aliphatic heterocycles. The zero-order chi connectivity index (χ0) is 14.5.